The minimum Gasteiger partial charge on any atom is -0.491 e. The van der Waals surface area contributed by atoms with Crippen molar-refractivity contribution in [3.8, 4) is 5.75 Å². The quantitative estimate of drug-likeness (QED) is 0.621. The molecule has 0 bridgehead atoms. The number of rotatable bonds is 7. The molecule has 1 aliphatic carbocycles. The summed E-state index contributed by atoms with van der Waals surface area (Å²) in [5.41, 5.74) is 0.962. The smallest absolute Gasteiger partial charge is 0.226 e. The summed E-state index contributed by atoms with van der Waals surface area (Å²) in [7, 11) is 1.63. The molecule has 1 saturated carbocycles. The van der Waals surface area contributed by atoms with Crippen molar-refractivity contribution in [2.75, 3.05) is 20.3 Å². The predicted octanol–water partition coefficient (Wildman–Crippen LogP) is 2.52. The van der Waals surface area contributed by atoms with Crippen LogP contribution in [0.5, 0.6) is 5.75 Å². The Morgan fingerprint density at radius 3 is 2.85 bits per heavy atom. The summed E-state index contributed by atoms with van der Waals surface area (Å²) in [6.45, 7) is 1.46. The largest absolute Gasteiger partial charge is 0.491 e. The van der Waals surface area contributed by atoms with E-state index in [1.165, 1.54) is 0 Å². The van der Waals surface area contributed by atoms with Crippen LogP contribution in [0.1, 0.15) is 12.0 Å². The van der Waals surface area contributed by atoms with Gasteiger partial charge < -0.3 is 14.8 Å². The first kappa shape index (κ1) is 15.4. The van der Waals surface area contributed by atoms with Crippen LogP contribution in [-0.4, -0.2) is 30.6 Å². The minimum atomic E-state index is -0.880. The van der Waals surface area contributed by atoms with E-state index in [0.29, 0.717) is 26.2 Å². The fourth-order valence-electron chi connectivity index (χ4n) is 1.80. The Balaban J connectivity index is 1.81. The molecule has 0 aliphatic heterocycles. The van der Waals surface area contributed by atoms with Crippen LogP contribution in [0.15, 0.2) is 24.3 Å². The summed E-state index contributed by atoms with van der Waals surface area (Å²) in [6.07, 6.45) is 0.516. The highest BCUT2D eigenvalue weighted by atomic mass is 35.5. The molecule has 0 spiro atoms. The van der Waals surface area contributed by atoms with E-state index in [9.17, 15) is 4.79 Å². The van der Waals surface area contributed by atoms with Crippen LogP contribution in [0.2, 0.25) is 0 Å². The molecule has 6 heteroatoms. The van der Waals surface area contributed by atoms with Gasteiger partial charge in [0, 0.05) is 13.7 Å². The number of ether oxygens (including phenoxy) is 2. The first-order valence-corrected chi connectivity index (χ1v) is 7.15. The van der Waals surface area contributed by atoms with E-state index in [1.54, 1.807) is 7.11 Å². The summed E-state index contributed by atoms with van der Waals surface area (Å²) >= 11 is 11.7. The van der Waals surface area contributed by atoms with Gasteiger partial charge in [0.2, 0.25) is 5.91 Å². The molecule has 4 nitrogen and oxygen atoms in total. The van der Waals surface area contributed by atoms with E-state index in [-0.39, 0.29) is 11.8 Å². The number of nitrogens with one attached hydrogen (secondary N) is 1. The molecule has 1 atom stereocenters. The van der Waals surface area contributed by atoms with Crippen molar-refractivity contribution in [1.82, 2.24) is 5.32 Å². The van der Waals surface area contributed by atoms with E-state index in [4.69, 9.17) is 32.7 Å². The Kier molecular flexibility index (Phi) is 5.13. The molecule has 1 fully saturated rings. The lowest BCUT2D eigenvalue weighted by Gasteiger charge is -2.09. The highest BCUT2D eigenvalue weighted by Gasteiger charge is 2.56. The van der Waals surface area contributed by atoms with Crippen molar-refractivity contribution < 1.29 is 14.3 Å². The SMILES string of the molecule is COCCOc1cccc(CNC(=O)C2CC2(Cl)Cl)c1. The van der Waals surface area contributed by atoms with Gasteiger partial charge in [-0.25, -0.2) is 0 Å². The van der Waals surface area contributed by atoms with Gasteiger partial charge in [-0.2, -0.15) is 0 Å². The molecule has 1 unspecified atom stereocenters. The van der Waals surface area contributed by atoms with Crippen molar-refractivity contribution >= 4 is 29.1 Å². The van der Waals surface area contributed by atoms with Gasteiger partial charge in [0.1, 0.15) is 16.7 Å². The lowest BCUT2D eigenvalue weighted by Crippen LogP contribution is -2.26. The number of amides is 1. The summed E-state index contributed by atoms with van der Waals surface area (Å²) in [5, 5.41) is 2.82. The zero-order valence-electron chi connectivity index (χ0n) is 11.2. The zero-order chi connectivity index (χ0) is 14.6. The Bertz CT molecular complexity index is 479. The van der Waals surface area contributed by atoms with Crippen LogP contribution in [0.25, 0.3) is 0 Å². The number of hydrogen-bond donors (Lipinski definition) is 1. The molecule has 1 amide bonds. The normalized spacial score (nSPS) is 19.4. The van der Waals surface area contributed by atoms with Crippen molar-refractivity contribution in [2.24, 2.45) is 5.92 Å². The Hall–Kier alpha value is -0.970. The molecule has 0 saturated heterocycles. The number of methoxy groups -OCH3 is 1. The van der Waals surface area contributed by atoms with Gasteiger partial charge in [-0.3, -0.25) is 4.79 Å². The maximum Gasteiger partial charge on any atom is 0.226 e. The van der Waals surface area contributed by atoms with Crippen LogP contribution in [0, 0.1) is 5.92 Å². The molecule has 1 aliphatic rings. The molecule has 0 radical (unpaired) electrons. The molecular formula is C14H17Cl2NO3. The highest BCUT2D eigenvalue weighted by Crippen LogP contribution is 2.53. The second-order valence-corrected chi connectivity index (χ2v) is 6.27. The van der Waals surface area contributed by atoms with E-state index in [2.05, 4.69) is 5.32 Å². The average Bonchev–Trinajstić information content (AvgIpc) is 3.06. The van der Waals surface area contributed by atoms with Crippen LogP contribution in [0.3, 0.4) is 0 Å². The number of hydrogen-bond acceptors (Lipinski definition) is 3. The van der Waals surface area contributed by atoms with E-state index in [1.807, 2.05) is 24.3 Å². The van der Waals surface area contributed by atoms with Crippen molar-refractivity contribution in [3.63, 3.8) is 0 Å². The number of carbonyl (C=O) groups is 1. The van der Waals surface area contributed by atoms with Crippen molar-refractivity contribution in [2.45, 2.75) is 17.3 Å². The molecule has 1 N–H and O–H groups in total. The lowest BCUT2D eigenvalue weighted by molar-refractivity contribution is -0.122. The third kappa shape index (κ3) is 4.27. The minimum absolute atomic E-state index is 0.110. The molecule has 0 heterocycles. The number of alkyl halides is 2. The second kappa shape index (κ2) is 6.66. The van der Waals surface area contributed by atoms with Gasteiger partial charge in [0.25, 0.3) is 0 Å². The second-order valence-electron chi connectivity index (χ2n) is 4.72. The lowest BCUT2D eigenvalue weighted by atomic mass is 10.2. The van der Waals surface area contributed by atoms with Crippen molar-refractivity contribution in [3.05, 3.63) is 29.8 Å². The van der Waals surface area contributed by atoms with Crippen LogP contribution in [0.4, 0.5) is 0 Å². The van der Waals surface area contributed by atoms with E-state index in [0.717, 1.165) is 11.3 Å². The summed E-state index contributed by atoms with van der Waals surface area (Å²) in [6, 6.07) is 7.56. The molecule has 2 rings (SSSR count). The molecule has 110 valence electrons. The molecule has 1 aromatic carbocycles. The standard InChI is InChI=1S/C14H17Cl2NO3/c1-19-5-6-20-11-4-2-3-10(7-11)9-17-13(18)12-8-14(12,15)16/h2-4,7,12H,5-6,8-9H2,1H3,(H,17,18). The van der Waals surface area contributed by atoms with Gasteiger partial charge in [-0.15, -0.1) is 23.2 Å². The first-order valence-electron chi connectivity index (χ1n) is 6.39. The highest BCUT2D eigenvalue weighted by molar-refractivity contribution is 6.52. The topological polar surface area (TPSA) is 47.6 Å². The average molecular weight is 318 g/mol. The van der Waals surface area contributed by atoms with E-state index >= 15 is 0 Å². The van der Waals surface area contributed by atoms with Gasteiger partial charge in [0.15, 0.2) is 0 Å². The molecule has 0 aromatic heterocycles. The predicted molar refractivity (Wildman–Crippen MR) is 78.2 cm³/mol. The molecule has 1 aromatic rings. The summed E-state index contributed by atoms with van der Waals surface area (Å²) < 4.78 is 9.55. The first-order chi connectivity index (χ1) is 9.53. The zero-order valence-corrected chi connectivity index (χ0v) is 12.7. The maximum absolute atomic E-state index is 11.8. The van der Waals surface area contributed by atoms with Crippen LogP contribution in [-0.2, 0) is 16.1 Å². The third-order valence-corrected chi connectivity index (χ3v) is 3.90. The Morgan fingerprint density at radius 2 is 2.20 bits per heavy atom. The number of benzene rings is 1. The third-order valence-electron chi connectivity index (χ3n) is 3.06. The van der Waals surface area contributed by atoms with Gasteiger partial charge in [0.05, 0.1) is 12.5 Å². The molecule has 20 heavy (non-hydrogen) atoms. The summed E-state index contributed by atoms with van der Waals surface area (Å²) in [4.78, 5) is 11.8. The monoisotopic (exact) mass is 317 g/mol. The Labute approximate surface area is 128 Å². The van der Waals surface area contributed by atoms with Crippen LogP contribution >= 0.6 is 23.2 Å². The number of carbonyl (C=O) groups excluding carboxylic acids is 1. The van der Waals surface area contributed by atoms with Gasteiger partial charge in [-0.1, -0.05) is 12.1 Å². The van der Waals surface area contributed by atoms with Gasteiger partial charge >= 0.3 is 0 Å². The van der Waals surface area contributed by atoms with Crippen LogP contribution < -0.4 is 10.1 Å². The fourth-order valence-corrected chi connectivity index (χ4v) is 2.30. The summed E-state index contributed by atoms with van der Waals surface area (Å²) in [5.74, 6) is 0.344. The maximum atomic E-state index is 11.8. The fraction of sp³-hybridized carbons (Fsp3) is 0.500. The number of halogens is 2. The molecular weight excluding hydrogens is 301 g/mol. The van der Waals surface area contributed by atoms with Crippen molar-refractivity contribution in [1.29, 1.82) is 0 Å². The Morgan fingerprint density at radius 1 is 1.45 bits per heavy atom. The van der Waals surface area contributed by atoms with Gasteiger partial charge in [-0.05, 0) is 24.1 Å². The van der Waals surface area contributed by atoms with E-state index < -0.39 is 4.33 Å².